The lowest BCUT2D eigenvalue weighted by molar-refractivity contribution is -0.136. The van der Waals surface area contributed by atoms with Crippen LogP contribution < -0.4 is 0 Å². The monoisotopic (exact) mass is 399 g/mol. The average Bonchev–Trinajstić information content (AvgIpc) is 3.09. The standard InChI is InChI=1S/C24H34FN3O/c1-17-20-7-10-28(24(29)18(2)27-9-4-8-26(3)11-12-27)16-19(13-20)14-21-15-22(25)5-6-23(17)21/h5-6,14-15,17-18,20H,4,7-13,16H2,1-3H3. The molecule has 2 fully saturated rings. The Morgan fingerprint density at radius 3 is 2.83 bits per heavy atom. The van der Waals surface area contributed by atoms with E-state index in [2.05, 4.69) is 41.7 Å². The lowest BCUT2D eigenvalue weighted by Crippen LogP contribution is -2.48. The molecule has 5 heteroatoms. The maximum atomic E-state index is 13.9. The fourth-order valence-corrected chi connectivity index (χ4v) is 5.30. The highest BCUT2D eigenvalue weighted by Gasteiger charge is 2.33. The molecule has 1 aromatic rings. The van der Waals surface area contributed by atoms with Crippen LogP contribution in [0.1, 0.15) is 50.2 Å². The number of carbonyl (C=O) groups excluding carboxylic acids is 1. The number of likely N-dealkylation sites (tertiary alicyclic amines) is 1. The van der Waals surface area contributed by atoms with E-state index in [0.717, 1.165) is 57.5 Å². The Kier molecular flexibility index (Phi) is 6.07. The summed E-state index contributed by atoms with van der Waals surface area (Å²) in [5.41, 5.74) is 3.50. The first kappa shape index (κ1) is 20.5. The molecule has 3 aliphatic rings. The molecule has 29 heavy (non-hydrogen) atoms. The Morgan fingerprint density at radius 2 is 2.00 bits per heavy atom. The minimum Gasteiger partial charge on any atom is -0.337 e. The molecule has 4 rings (SSSR count). The van der Waals surface area contributed by atoms with Crippen LogP contribution in [0.2, 0.25) is 0 Å². The van der Waals surface area contributed by atoms with Gasteiger partial charge in [-0.25, -0.2) is 4.39 Å². The predicted octanol–water partition coefficient (Wildman–Crippen LogP) is 3.59. The van der Waals surface area contributed by atoms with Crippen LogP contribution in [0.3, 0.4) is 0 Å². The zero-order valence-corrected chi connectivity index (χ0v) is 18.0. The van der Waals surface area contributed by atoms with Crippen LogP contribution in [0.25, 0.3) is 6.08 Å². The average molecular weight is 400 g/mol. The number of nitrogens with zero attached hydrogens (tertiary/aromatic N) is 3. The summed E-state index contributed by atoms with van der Waals surface area (Å²) in [6, 6.07) is 5.10. The molecule has 0 saturated carbocycles. The molecule has 4 nitrogen and oxygen atoms in total. The van der Waals surface area contributed by atoms with Crippen molar-refractivity contribution in [3.8, 4) is 0 Å². The van der Waals surface area contributed by atoms with Gasteiger partial charge in [-0.05, 0) is 80.4 Å². The van der Waals surface area contributed by atoms with Crippen molar-refractivity contribution in [2.24, 2.45) is 5.92 Å². The SMILES string of the molecule is CC1c2ccc(F)cc2C=C2CC1CCN(C(=O)C(C)N1CCCN(C)CC1)C2. The molecule has 2 bridgehead atoms. The Bertz CT molecular complexity index is 792. The molecular weight excluding hydrogens is 365 g/mol. The molecule has 1 aromatic carbocycles. The van der Waals surface area contributed by atoms with Crippen molar-refractivity contribution in [3.63, 3.8) is 0 Å². The third kappa shape index (κ3) is 4.41. The largest absolute Gasteiger partial charge is 0.337 e. The molecule has 3 atom stereocenters. The van der Waals surface area contributed by atoms with E-state index in [0.29, 0.717) is 18.4 Å². The van der Waals surface area contributed by atoms with Gasteiger partial charge in [-0.15, -0.1) is 0 Å². The van der Waals surface area contributed by atoms with Crippen LogP contribution in [-0.2, 0) is 4.79 Å². The van der Waals surface area contributed by atoms with Crippen LogP contribution in [0.5, 0.6) is 0 Å². The van der Waals surface area contributed by atoms with Gasteiger partial charge in [-0.3, -0.25) is 9.69 Å². The molecular formula is C24H34FN3O. The van der Waals surface area contributed by atoms with E-state index < -0.39 is 0 Å². The van der Waals surface area contributed by atoms with Gasteiger partial charge in [-0.1, -0.05) is 19.1 Å². The van der Waals surface area contributed by atoms with Gasteiger partial charge in [0.2, 0.25) is 5.91 Å². The highest BCUT2D eigenvalue weighted by molar-refractivity contribution is 5.82. The van der Waals surface area contributed by atoms with E-state index in [1.54, 1.807) is 12.1 Å². The number of amides is 1. The van der Waals surface area contributed by atoms with Gasteiger partial charge in [0.15, 0.2) is 0 Å². The van der Waals surface area contributed by atoms with Gasteiger partial charge in [-0.2, -0.15) is 0 Å². The Morgan fingerprint density at radius 1 is 1.17 bits per heavy atom. The molecule has 158 valence electrons. The first-order valence-electron chi connectivity index (χ1n) is 11.1. The molecule has 0 aromatic heterocycles. The van der Waals surface area contributed by atoms with E-state index in [-0.39, 0.29) is 17.8 Å². The summed E-state index contributed by atoms with van der Waals surface area (Å²) in [6.07, 6.45) is 5.27. The van der Waals surface area contributed by atoms with Crippen molar-refractivity contribution in [2.45, 2.75) is 45.1 Å². The summed E-state index contributed by atoms with van der Waals surface area (Å²) in [5, 5.41) is 0. The van der Waals surface area contributed by atoms with Gasteiger partial charge in [0.1, 0.15) is 5.82 Å². The molecule has 0 spiro atoms. The number of hydrogen-bond acceptors (Lipinski definition) is 3. The van der Waals surface area contributed by atoms with Gasteiger partial charge in [0.25, 0.3) is 0 Å². The topological polar surface area (TPSA) is 26.8 Å². The molecule has 0 N–H and O–H groups in total. The number of halogens is 1. The lowest BCUT2D eigenvalue weighted by Gasteiger charge is -2.32. The zero-order valence-electron chi connectivity index (χ0n) is 18.0. The van der Waals surface area contributed by atoms with E-state index in [9.17, 15) is 9.18 Å². The highest BCUT2D eigenvalue weighted by atomic mass is 19.1. The molecule has 0 radical (unpaired) electrons. The second kappa shape index (κ2) is 8.57. The van der Waals surface area contributed by atoms with Gasteiger partial charge in [0.05, 0.1) is 6.04 Å². The number of rotatable bonds is 2. The summed E-state index contributed by atoms with van der Waals surface area (Å²) in [7, 11) is 2.16. The number of hydrogen-bond donors (Lipinski definition) is 0. The van der Waals surface area contributed by atoms with Crippen LogP contribution in [0, 0.1) is 11.7 Å². The maximum Gasteiger partial charge on any atom is 0.239 e. The lowest BCUT2D eigenvalue weighted by atomic mass is 9.83. The van der Waals surface area contributed by atoms with Gasteiger partial charge >= 0.3 is 0 Å². The fraction of sp³-hybridized carbons (Fsp3) is 0.625. The van der Waals surface area contributed by atoms with E-state index >= 15 is 0 Å². The van der Waals surface area contributed by atoms with E-state index in [1.807, 2.05) is 6.07 Å². The number of carbonyl (C=O) groups is 1. The first-order valence-corrected chi connectivity index (χ1v) is 11.1. The molecule has 1 amide bonds. The highest BCUT2D eigenvalue weighted by Crippen LogP contribution is 2.40. The molecule has 2 aliphatic heterocycles. The third-order valence-corrected chi connectivity index (χ3v) is 7.27. The number of benzene rings is 1. The van der Waals surface area contributed by atoms with Crippen LogP contribution in [0.4, 0.5) is 4.39 Å². The van der Waals surface area contributed by atoms with Crippen molar-refractivity contribution in [1.29, 1.82) is 0 Å². The Labute approximate surface area is 174 Å². The summed E-state index contributed by atoms with van der Waals surface area (Å²) in [6.45, 7) is 9.88. The summed E-state index contributed by atoms with van der Waals surface area (Å²) >= 11 is 0. The van der Waals surface area contributed by atoms with Crippen molar-refractivity contribution in [3.05, 3.63) is 40.7 Å². The molecule has 2 heterocycles. The Hall–Kier alpha value is -1.72. The number of fused-ring (bicyclic) bond motifs is 3. The minimum absolute atomic E-state index is 0.0793. The molecule has 2 saturated heterocycles. The summed E-state index contributed by atoms with van der Waals surface area (Å²) in [4.78, 5) is 20.1. The number of likely N-dealkylation sites (N-methyl/N-ethyl adjacent to an activating group) is 1. The third-order valence-electron chi connectivity index (χ3n) is 7.27. The zero-order chi connectivity index (χ0) is 20.5. The van der Waals surface area contributed by atoms with Crippen molar-refractivity contribution < 1.29 is 9.18 Å². The second-order valence-electron chi connectivity index (χ2n) is 9.25. The summed E-state index contributed by atoms with van der Waals surface area (Å²) in [5.74, 6) is 0.949. The van der Waals surface area contributed by atoms with E-state index in [4.69, 9.17) is 0 Å². The minimum atomic E-state index is -0.185. The van der Waals surface area contributed by atoms with Crippen molar-refractivity contribution in [2.75, 3.05) is 46.3 Å². The maximum absolute atomic E-state index is 13.9. The smallest absolute Gasteiger partial charge is 0.239 e. The van der Waals surface area contributed by atoms with Gasteiger partial charge in [0, 0.05) is 32.7 Å². The van der Waals surface area contributed by atoms with Crippen LogP contribution in [-0.4, -0.2) is 73.0 Å². The fourth-order valence-electron chi connectivity index (χ4n) is 5.30. The first-order chi connectivity index (χ1) is 13.9. The summed E-state index contributed by atoms with van der Waals surface area (Å²) < 4.78 is 13.9. The van der Waals surface area contributed by atoms with Crippen molar-refractivity contribution >= 4 is 12.0 Å². The Balaban J connectivity index is 1.53. The van der Waals surface area contributed by atoms with Crippen LogP contribution in [0.15, 0.2) is 23.8 Å². The van der Waals surface area contributed by atoms with Gasteiger partial charge < -0.3 is 9.80 Å². The van der Waals surface area contributed by atoms with E-state index in [1.165, 1.54) is 11.1 Å². The van der Waals surface area contributed by atoms with Crippen molar-refractivity contribution in [1.82, 2.24) is 14.7 Å². The normalized spacial score (nSPS) is 27.3. The second-order valence-corrected chi connectivity index (χ2v) is 9.25. The molecule has 3 unspecified atom stereocenters. The quantitative estimate of drug-likeness (QED) is 0.760. The molecule has 1 aliphatic carbocycles. The van der Waals surface area contributed by atoms with Crippen LogP contribution >= 0.6 is 0 Å². The predicted molar refractivity (Wildman–Crippen MR) is 115 cm³/mol.